The molecule has 120 valence electrons. The number of thiazole rings is 1. The molecule has 0 fully saturated rings. The van der Waals surface area contributed by atoms with Crippen molar-refractivity contribution >= 4 is 39.9 Å². The van der Waals surface area contributed by atoms with Crippen LogP contribution >= 0.6 is 34.0 Å². The SMILES string of the molecule is Cc1cc(C(=O)NCCc2ccc(-c3csc(C)n3)s2)c(C)s1. The Bertz CT molecular complexity index is 829. The summed E-state index contributed by atoms with van der Waals surface area (Å²) >= 11 is 5.09. The van der Waals surface area contributed by atoms with Gasteiger partial charge in [-0.25, -0.2) is 4.98 Å². The highest BCUT2D eigenvalue weighted by Crippen LogP contribution is 2.29. The lowest BCUT2D eigenvalue weighted by atomic mass is 10.2. The molecule has 0 saturated heterocycles. The predicted molar refractivity (Wildman–Crippen MR) is 100.0 cm³/mol. The van der Waals surface area contributed by atoms with Crippen LogP contribution in [0.4, 0.5) is 0 Å². The van der Waals surface area contributed by atoms with E-state index in [0.717, 1.165) is 27.6 Å². The third-order valence-corrected chi connectivity index (χ3v) is 6.38. The minimum atomic E-state index is 0.0266. The summed E-state index contributed by atoms with van der Waals surface area (Å²) in [5, 5.41) is 6.19. The van der Waals surface area contributed by atoms with Gasteiger partial charge in [0, 0.05) is 26.6 Å². The molecule has 0 aliphatic heterocycles. The second kappa shape index (κ2) is 6.95. The highest BCUT2D eigenvalue weighted by molar-refractivity contribution is 7.16. The maximum atomic E-state index is 12.2. The highest BCUT2D eigenvalue weighted by atomic mass is 32.1. The number of hydrogen-bond donors (Lipinski definition) is 1. The summed E-state index contributed by atoms with van der Waals surface area (Å²) in [5.74, 6) is 0.0266. The van der Waals surface area contributed by atoms with Crippen LogP contribution in [0.15, 0.2) is 23.6 Å². The summed E-state index contributed by atoms with van der Waals surface area (Å²) in [6.45, 7) is 6.70. The summed E-state index contributed by atoms with van der Waals surface area (Å²) < 4.78 is 0. The fourth-order valence-corrected chi connectivity index (χ4v) is 4.95. The molecular weight excluding hydrogens is 344 g/mol. The van der Waals surface area contributed by atoms with E-state index in [9.17, 15) is 4.79 Å². The molecule has 0 radical (unpaired) electrons. The zero-order valence-corrected chi connectivity index (χ0v) is 15.8. The first kappa shape index (κ1) is 16.4. The van der Waals surface area contributed by atoms with Gasteiger partial charge in [0.1, 0.15) is 0 Å². The molecule has 3 aromatic heterocycles. The minimum Gasteiger partial charge on any atom is -0.352 e. The highest BCUT2D eigenvalue weighted by Gasteiger charge is 2.12. The zero-order chi connectivity index (χ0) is 16.4. The van der Waals surface area contributed by atoms with Gasteiger partial charge in [-0.3, -0.25) is 4.79 Å². The van der Waals surface area contributed by atoms with Gasteiger partial charge >= 0.3 is 0 Å². The second-order valence-electron chi connectivity index (χ2n) is 5.35. The molecule has 23 heavy (non-hydrogen) atoms. The second-order valence-corrected chi connectivity index (χ2v) is 9.04. The lowest BCUT2D eigenvalue weighted by molar-refractivity contribution is 0.0954. The lowest BCUT2D eigenvalue weighted by Crippen LogP contribution is -2.25. The zero-order valence-electron chi connectivity index (χ0n) is 13.3. The van der Waals surface area contributed by atoms with Crippen molar-refractivity contribution in [2.24, 2.45) is 0 Å². The number of amides is 1. The normalized spacial score (nSPS) is 10.9. The Kier molecular flexibility index (Phi) is 4.94. The molecule has 0 aliphatic carbocycles. The third-order valence-electron chi connectivity index (χ3n) is 3.48. The number of carbonyl (C=O) groups excluding carboxylic acids is 1. The Morgan fingerprint density at radius 3 is 2.70 bits per heavy atom. The number of nitrogens with one attached hydrogen (secondary N) is 1. The number of hydrogen-bond acceptors (Lipinski definition) is 5. The van der Waals surface area contributed by atoms with E-state index in [4.69, 9.17) is 0 Å². The molecule has 3 heterocycles. The Morgan fingerprint density at radius 2 is 2.04 bits per heavy atom. The molecule has 3 rings (SSSR count). The number of aromatic nitrogens is 1. The number of rotatable bonds is 5. The Hall–Kier alpha value is -1.50. The molecular formula is C17H18N2OS3. The number of aryl methyl sites for hydroxylation is 3. The van der Waals surface area contributed by atoms with Crippen LogP contribution in [0.3, 0.4) is 0 Å². The third kappa shape index (κ3) is 3.88. The smallest absolute Gasteiger partial charge is 0.252 e. The van der Waals surface area contributed by atoms with Gasteiger partial charge < -0.3 is 5.32 Å². The van der Waals surface area contributed by atoms with Gasteiger partial charge in [-0.2, -0.15) is 0 Å². The van der Waals surface area contributed by atoms with Crippen molar-refractivity contribution in [3.63, 3.8) is 0 Å². The van der Waals surface area contributed by atoms with Crippen LogP contribution in [0, 0.1) is 20.8 Å². The van der Waals surface area contributed by atoms with Crippen molar-refractivity contribution in [1.82, 2.24) is 10.3 Å². The first-order chi connectivity index (χ1) is 11.0. The van der Waals surface area contributed by atoms with Gasteiger partial charge in [0.15, 0.2) is 0 Å². The molecule has 0 saturated carbocycles. The van der Waals surface area contributed by atoms with Crippen molar-refractivity contribution in [2.45, 2.75) is 27.2 Å². The lowest BCUT2D eigenvalue weighted by Gasteiger charge is -2.03. The van der Waals surface area contributed by atoms with Crippen molar-refractivity contribution in [3.05, 3.63) is 48.8 Å². The first-order valence-corrected chi connectivity index (χ1v) is 9.90. The van der Waals surface area contributed by atoms with Crippen molar-refractivity contribution < 1.29 is 4.79 Å². The Labute approximate surface area is 148 Å². The van der Waals surface area contributed by atoms with Crippen molar-refractivity contribution in [3.8, 4) is 10.6 Å². The van der Waals surface area contributed by atoms with Crippen molar-refractivity contribution in [2.75, 3.05) is 6.54 Å². The number of nitrogens with zero attached hydrogens (tertiary/aromatic N) is 1. The van der Waals surface area contributed by atoms with Crippen molar-refractivity contribution in [1.29, 1.82) is 0 Å². The summed E-state index contributed by atoms with van der Waals surface area (Å²) in [5.41, 5.74) is 1.86. The van der Waals surface area contributed by atoms with Crippen LogP contribution in [0.1, 0.15) is 30.0 Å². The topological polar surface area (TPSA) is 42.0 Å². The molecule has 3 nitrogen and oxygen atoms in total. The molecule has 0 spiro atoms. The summed E-state index contributed by atoms with van der Waals surface area (Å²) in [7, 11) is 0. The molecule has 0 unspecified atom stereocenters. The van der Waals surface area contributed by atoms with Gasteiger partial charge in [0.2, 0.25) is 0 Å². The molecule has 3 aromatic rings. The van der Waals surface area contributed by atoms with Gasteiger partial charge in [-0.15, -0.1) is 34.0 Å². The first-order valence-electron chi connectivity index (χ1n) is 7.39. The van der Waals surface area contributed by atoms with E-state index in [1.165, 1.54) is 14.6 Å². The largest absolute Gasteiger partial charge is 0.352 e. The van der Waals surface area contributed by atoms with Crippen LogP contribution in [0.25, 0.3) is 10.6 Å². The van der Waals surface area contributed by atoms with E-state index in [1.54, 1.807) is 34.0 Å². The molecule has 1 amide bonds. The summed E-state index contributed by atoms with van der Waals surface area (Å²) in [4.78, 5) is 21.4. The van der Waals surface area contributed by atoms with Crippen LogP contribution in [-0.2, 0) is 6.42 Å². The minimum absolute atomic E-state index is 0.0266. The van der Waals surface area contributed by atoms with Gasteiger partial charge in [0.25, 0.3) is 5.91 Å². The van der Waals surface area contributed by atoms with Crippen LogP contribution < -0.4 is 5.32 Å². The summed E-state index contributed by atoms with van der Waals surface area (Å²) in [6.07, 6.45) is 0.849. The van der Waals surface area contributed by atoms with Crippen LogP contribution in [0.2, 0.25) is 0 Å². The average molecular weight is 363 g/mol. The van der Waals surface area contributed by atoms with E-state index in [2.05, 4.69) is 27.8 Å². The number of carbonyl (C=O) groups is 1. The quantitative estimate of drug-likeness (QED) is 0.706. The van der Waals surface area contributed by atoms with Gasteiger partial charge in [-0.05, 0) is 45.4 Å². The molecule has 0 bridgehead atoms. The van der Waals surface area contributed by atoms with E-state index in [0.29, 0.717) is 6.54 Å². The fraction of sp³-hybridized carbons (Fsp3) is 0.294. The molecule has 1 N–H and O–H groups in total. The maximum absolute atomic E-state index is 12.2. The van der Waals surface area contributed by atoms with Gasteiger partial charge in [0.05, 0.1) is 21.1 Å². The Morgan fingerprint density at radius 1 is 1.22 bits per heavy atom. The molecule has 0 aromatic carbocycles. The predicted octanol–water partition coefficient (Wildman–Crippen LogP) is 4.83. The maximum Gasteiger partial charge on any atom is 0.252 e. The molecule has 0 aliphatic rings. The average Bonchev–Trinajstić information content (AvgIpc) is 3.19. The van der Waals surface area contributed by atoms with Crippen LogP contribution in [0.5, 0.6) is 0 Å². The number of thiophene rings is 2. The molecule has 0 atom stereocenters. The standard InChI is InChI=1S/C17H18N2OS3/c1-10-8-14(11(2)22-10)17(20)18-7-6-13-4-5-16(23-13)15-9-21-12(3)19-15/h4-5,8-9H,6-7H2,1-3H3,(H,18,20). The Balaban J connectivity index is 1.56. The van der Waals surface area contributed by atoms with E-state index >= 15 is 0 Å². The monoisotopic (exact) mass is 362 g/mol. The van der Waals surface area contributed by atoms with E-state index < -0.39 is 0 Å². The van der Waals surface area contributed by atoms with E-state index in [1.807, 2.05) is 26.8 Å². The van der Waals surface area contributed by atoms with Crippen LogP contribution in [-0.4, -0.2) is 17.4 Å². The fourth-order valence-electron chi connectivity index (χ4n) is 2.38. The molecule has 6 heteroatoms. The van der Waals surface area contributed by atoms with E-state index in [-0.39, 0.29) is 5.91 Å². The van der Waals surface area contributed by atoms with Gasteiger partial charge in [-0.1, -0.05) is 0 Å². The summed E-state index contributed by atoms with van der Waals surface area (Å²) in [6, 6.07) is 6.20.